The third-order valence-corrected chi connectivity index (χ3v) is 7.15. The van der Waals surface area contributed by atoms with Crippen molar-refractivity contribution in [3.63, 3.8) is 0 Å². The summed E-state index contributed by atoms with van der Waals surface area (Å²) in [6.07, 6.45) is 2.26. The SMILES string of the molecule is Cc1ccc(SCCCC(=O)N(CCCN(C)C)c2nc3c(Cl)cccc3s2)cc1.Cl. The molecule has 4 nitrogen and oxygen atoms in total. The molecule has 0 unspecified atom stereocenters. The minimum Gasteiger partial charge on any atom is -0.309 e. The number of benzene rings is 2. The van der Waals surface area contributed by atoms with E-state index >= 15 is 0 Å². The lowest BCUT2D eigenvalue weighted by molar-refractivity contribution is -0.118. The van der Waals surface area contributed by atoms with Crippen molar-refractivity contribution in [1.82, 2.24) is 9.88 Å². The molecule has 3 rings (SSSR count). The van der Waals surface area contributed by atoms with Crippen LogP contribution >= 0.6 is 47.1 Å². The Morgan fingerprint density at radius 1 is 1.10 bits per heavy atom. The van der Waals surface area contributed by atoms with Crippen molar-refractivity contribution in [1.29, 1.82) is 0 Å². The minimum absolute atomic E-state index is 0. The first kappa shape index (κ1) is 25.9. The molecule has 8 heteroatoms. The summed E-state index contributed by atoms with van der Waals surface area (Å²) in [5.41, 5.74) is 2.04. The fourth-order valence-corrected chi connectivity index (χ4v) is 5.24. The van der Waals surface area contributed by atoms with Crippen LogP contribution in [0.3, 0.4) is 0 Å². The smallest absolute Gasteiger partial charge is 0.228 e. The van der Waals surface area contributed by atoms with Gasteiger partial charge in [0.15, 0.2) is 5.13 Å². The molecule has 0 atom stereocenters. The van der Waals surface area contributed by atoms with Gasteiger partial charge >= 0.3 is 0 Å². The summed E-state index contributed by atoms with van der Waals surface area (Å²) in [5.74, 6) is 1.06. The van der Waals surface area contributed by atoms with Gasteiger partial charge in [0, 0.05) is 17.9 Å². The average Bonchev–Trinajstić information content (AvgIpc) is 3.15. The van der Waals surface area contributed by atoms with Crippen LogP contribution < -0.4 is 4.90 Å². The molecule has 0 N–H and O–H groups in total. The van der Waals surface area contributed by atoms with Crippen LogP contribution in [0.25, 0.3) is 10.2 Å². The topological polar surface area (TPSA) is 36.4 Å². The average molecular weight is 499 g/mol. The number of carbonyl (C=O) groups excluding carboxylic acids is 1. The number of amides is 1. The predicted octanol–water partition coefficient (Wildman–Crippen LogP) is 6.54. The Morgan fingerprint density at radius 3 is 2.52 bits per heavy atom. The first-order chi connectivity index (χ1) is 14.4. The third kappa shape index (κ3) is 7.65. The number of nitrogens with zero attached hydrogens (tertiary/aromatic N) is 3. The second-order valence-electron chi connectivity index (χ2n) is 7.55. The molecule has 31 heavy (non-hydrogen) atoms. The molecule has 0 bridgehead atoms. The van der Waals surface area contributed by atoms with E-state index in [4.69, 9.17) is 11.6 Å². The van der Waals surface area contributed by atoms with E-state index in [1.54, 1.807) is 11.8 Å². The molecule has 0 spiro atoms. The molecule has 0 saturated heterocycles. The van der Waals surface area contributed by atoms with E-state index in [0.29, 0.717) is 18.0 Å². The van der Waals surface area contributed by atoms with E-state index < -0.39 is 0 Å². The Hall–Kier alpha value is -1.31. The monoisotopic (exact) mass is 497 g/mol. The predicted molar refractivity (Wildman–Crippen MR) is 139 cm³/mol. The van der Waals surface area contributed by atoms with E-state index in [1.807, 2.05) is 37.2 Å². The van der Waals surface area contributed by atoms with Gasteiger partial charge in [-0.05, 0) is 70.4 Å². The molecule has 1 aromatic heterocycles. The first-order valence-corrected chi connectivity index (χ1v) is 12.3. The van der Waals surface area contributed by atoms with Crippen LogP contribution in [0.5, 0.6) is 0 Å². The van der Waals surface area contributed by atoms with Crippen LogP contribution in [0, 0.1) is 6.92 Å². The molecule has 0 aliphatic rings. The number of halogens is 2. The fraction of sp³-hybridized carbons (Fsp3) is 0.391. The molecule has 1 amide bonds. The Balaban J connectivity index is 0.00000341. The summed E-state index contributed by atoms with van der Waals surface area (Å²) >= 11 is 9.64. The van der Waals surface area contributed by atoms with E-state index in [0.717, 1.165) is 40.5 Å². The van der Waals surface area contributed by atoms with Crippen LogP contribution in [0.1, 0.15) is 24.8 Å². The number of carbonyl (C=O) groups is 1. The lowest BCUT2D eigenvalue weighted by Gasteiger charge is -2.21. The van der Waals surface area contributed by atoms with Gasteiger partial charge in [0.1, 0.15) is 5.52 Å². The van der Waals surface area contributed by atoms with Gasteiger partial charge in [0.2, 0.25) is 5.91 Å². The van der Waals surface area contributed by atoms with Crippen LogP contribution in [0.2, 0.25) is 5.02 Å². The Kier molecular flexibility index (Phi) is 10.6. The number of para-hydroxylation sites is 1. The Labute approximate surface area is 204 Å². The van der Waals surface area contributed by atoms with Crippen molar-refractivity contribution in [2.24, 2.45) is 0 Å². The van der Waals surface area contributed by atoms with Crippen molar-refractivity contribution in [2.75, 3.05) is 37.8 Å². The van der Waals surface area contributed by atoms with Crippen LogP contribution in [-0.4, -0.2) is 48.7 Å². The maximum atomic E-state index is 13.1. The van der Waals surface area contributed by atoms with Gasteiger partial charge in [-0.3, -0.25) is 9.69 Å². The lowest BCUT2D eigenvalue weighted by Crippen LogP contribution is -2.33. The third-order valence-electron chi connectivity index (χ3n) is 4.70. The summed E-state index contributed by atoms with van der Waals surface area (Å²) in [6, 6.07) is 14.3. The number of anilines is 1. The quantitative estimate of drug-likeness (QED) is 0.235. The van der Waals surface area contributed by atoms with E-state index in [9.17, 15) is 4.79 Å². The summed E-state index contributed by atoms with van der Waals surface area (Å²) in [5, 5.41) is 1.37. The molecular weight excluding hydrogens is 469 g/mol. The fourth-order valence-electron chi connectivity index (χ4n) is 3.07. The van der Waals surface area contributed by atoms with E-state index in [1.165, 1.54) is 21.8 Å². The maximum absolute atomic E-state index is 13.1. The standard InChI is InChI=1S/C23H28ClN3OS2.ClH/c1-17-10-12-18(13-11-17)29-16-5-9-21(28)27(15-6-14-26(2)3)23-25-22-19(24)7-4-8-20(22)30-23;/h4,7-8,10-13H,5-6,9,14-16H2,1-3H3;1H. The van der Waals surface area contributed by atoms with E-state index in [2.05, 4.69) is 41.1 Å². The number of hydrogen-bond donors (Lipinski definition) is 0. The Morgan fingerprint density at radius 2 is 1.84 bits per heavy atom. The Bertz CT molecular complexity index is 977. The van der Waals surface area contributed by atoms with Gasteiger partial charge in [-0.15, -0.1) is 24.2 Å². The van der Waals surface area contributed by atoms with Gasteiger partial charge in [-0.25, -0.2) is 4.98 Å². The zero-order valence-corrected chi connectivity index (χ0v) is 21.3. The largest absolute Gasteiger partial charge is 0.309 e. The number of fused-ring (bicyclic) bond motifs is 1. The van der Waals surface area contributed by atoms with Crippen LogP contribution in [0.15, 0.2) is 47.4 Å². The molecule has 3 aromatic rings. The molecule has 1 heterocycles. The number of thioether (sulfide) groups is 1. The number of aryl methyl sites for hydroxylation is 1. The molecular formula is C23H29Cl2N3OS2. The van der Waals surface area contributed by atoms with Crippen LogP contribution in [-0.2, 0) is 4.79 Å². The van der Waals surface area contributed by atoms with Gasteiger partial charge in [0.25, 0.3) is 0 Å². The number of aromatic nitrogens is 1. The number of rotatable bonds is 10. The van der Waals surface area contributed by atoms with Gasteiger partial charge in [-0.2, -0.15) is 0 Å². The van der Waals surface area contributed by atoms with Crippen LogP contribution in [0.4, 0.5) is 5.13 Å². The van der Waals surface area contributed by atoms with Crippen molar-refractivity contribution < 1.29 is 4.79 Å². The molecule has 0 aliphatic carbocycles. The molecule has 0 saturated carbocycles. The normalized spacial score (nSPS) is 11.0. The van der Waals surface area contributed by atoms with E-state index in [-0.39, 0.29) is 18.3 Å². The lowest BCUT2D eigenvalue weighted by atomic mass is 10.2. The van der Waals surface area contributed by atoms with Gasteiger partial charge in [0.05, 0.1) is 9.72 Å². The zero-order valence-electron chi connectivity index (χ0n) is 18.1. The van der Waals surface area contributed by atoms with Crippen molar-refractivity contribution in [3.8, 4) is 0 Å². The highest BCUT2D eigenvalue weighted by atomic mass is 35.5. The van der Waals surface area contributed by atoms with Gasteiger partial charge < -0.3 is 4.90 Å². The van der Waals surface area contributed by atoms with Crippen molar-refractivity contribution in [2.45, 2.75) is 31.1 Å². The highest BCUT2D eigenvalue weighted by Gasteiger charge is 2.20. The molecule has 2 aromatic carbocycles. The summed E-state index contributed by atoms with van der Waals surface area (Å²) in [7, 11) is 4.10. The maximum Gasteiger partial charge on any atom is 0.228 e. The number of hydrogen-bond acceptors (Lipinski definition) is 5. The van der Waals surface area contributed by atoms with Crippen molar-refractivity contribution >= 4 is 68.4 Å². The second-order valence-corrected chi connectivity index (χ2v) is 10.1. The highest BCUT2D eigenvalue weighted by molar-refractivity contribution is 7.99. The summed E-state index contributed by atoms with van der Waals surface area (Å²) in [6.45, 7) is 3.69. The minimum atomic E-state index is 0. The molecule has 168 valence electrons. The second kappa shape index (κ2) is 12.7. The molecule has 0 aliphatic heterocycles. The number of thiazole rings is 1. The first-order valence-electron chi connectivity index (χ1n) is 10.1. The zero-order chi connectivity index (χ0) is 21.5. The van der Waals surface area contributed by atoms with Gasteiger partial charge in [-0.1, -0.05) is 46.7 Å². The molecule has 0 radical (unpaired) electrons. The molecule has 0 fully saturated rings. The van der Waals surface area contributed by atoms with Crippen molar-refractivity contribution in [3.05, 3.63) is 53.1 Å². The summed E-state index contributed by atoms with van der Waals surface area (Å²) in [4.78, 5) is 23.0. The summed E-state index contributed by atoms with van der Waals surface area (Å²) < 4.78 is 1.01. The highest BCUT2D eigenvalue weighted by Crippen LogP contribution is 2.33.